The monoisotopic (exact) mass is 198 g/mol. The zero-order chi connectivity index (χ0) is 10.3. The molecule has 0 amide bonds. The second kappa shape index (κ2) is 6.12. The Hall–Kier alpha value is -0.440. The van der Waals surface area contributed by atoms with E-state index >= 15 is 0 Å². The average molecular weight is 198 g/mol. The maximum atomic E-state index is 8.58. The van der Waals surface area contributed by atoms with E-state index in [1.807, 2.05) is 0 Å². The van der Waals surface area contributed by atoms with E-state index in [1.165, 1.54) is 38.5 Å². The third-order valence-corrected chi connectivity index (χ3v) is 2.75. The molecule has 0 aliphatic carbocycles. The van der Waals surface area contributed by atoms with Gasteiger partial charge in [0.05, 0.1) is 0 Å². The minimum Gasteiger partial charge on any atom is -0.396 e. The van der Waals surface area contributed by atoms with Crippen LogP contribution in [0.2, 0.25) is 0 Å². The third kappa shape index (κ3) is 5.32. The topological polar surface area (TPSA) is 45.0 Å². The number of unbranched alkanes of at least 4 members (excludes halogenated alkanes) is 6. The molecule has 0 saturated carbocycles. The molecule has 14 heavy (non-hydrogen) atoms. The van der Waals surface area contributed by atoms with Crippen molar-refractivity contribution < 1.29 is 5.11 Å². The highest BCUT2D eigenvalue weighted by Crippen LogP contribution is 2.32. The van der Waals surface area contributed by atoms with Crippen LogP contribution >= 0.6 is 0 Å². The van der Waals surface area contributed by atoms with E-state index < -0.39 is 0 Å². The summed E-state index contributed by atoms with van der Waals surface area (Å²) < 4.78 is 0. The number of hydrogen-bond acceptors (Lipinski definition) is 3. The molecule has 1 aliphatic rings. The van der Waals surface area contributed by atoms with E-state index in [0.717, 1.165) is 12.8 Å². The zero-order valence-corrected chi connectivity index (χ0v) is 9.21. The number of hydrogen-bond donors (Lipinski definition) is 1. The normalized spacial score (nSPS) is 17.3. The van der Waals surface area contributed by atoms with Gasteiger partial charge in [-0.25, -0.2) is 0 Å². The molecular formula is C11H22N2O. The van der Waals surface area contributed by atoms with Gasteiger partial charge in [0.15, 0.2) is 5.66 Å². The van der Waals surface area contributed by atoms with E-state index in [-0.39, 0.29) is 5.66 Å². The van der Waals surface area contributed by atoms with Gasteiger partial charge in [0.1, 0.15) is 0 Å². The van der Waals surface area contributed by atoms with Crippen molar-refractivity contribution in [3.05, 3.63) is 0 Å². The van der Waals surface area contributed by atoms with Gasteiger partial charge in [0.2, 0.25) is 0 Å². The van der Waals surface area contributed by atoms with E-state index in [2.05, 4.69) is 17.2 Å². The molecule has 3 nitrogen and oxygen atoms in total. The van der Waals surface area contributed by atoms with Crippen LogP contribution in [0.1, 0.15) is 58.3 Å². The predicted octanol–water partition coefficient (Wildman–Crippen LogP) is 3.28. The molecule has 82 valence electrons. The Morgan fingerprint density at radius 3 is 1.86 bits per heavy atom. The summed E-state index contributed by atoms with van der Waals surface area (Å²) in [4.78, 5) is 0. The fourth-order valence-corrected chi connectivity index (χ4v) is 1.64. The molecule has 1 N–H and O–H groups in total. The highest BCUT2D eigenvalue weighted by Gasteiger charge is 2.32. The van der Waals surface area contributed by atoms with Crippen LogP contribution in [0.5, 0.6) is 0 Å². The van der Waals surface area contributed by atoms with Crippen molar-refractivity contribution in [2.24, 2.45) is 10.2 Å². The van der Waals surface area contributed by atoms with E-state index in [4.69, 9.17) is 5.11 Å². The molecule has 1 rings (SSSR count). The van der Waals surface area contributed by atoms with Gasteiger partial charge in [-0.05, 0) is 26.2 Å². The smallest absolute Gasteiger partial charge is 0.188 e. The first kappa shape index (κ1) is 11.6. The molecule has 1 aliphatic heterocycles. The van der Waals surface area contributed by atoms with Gasteiger partial charge in [-0.1, -0.05) is 32.1 Å². The fraction of sp³-hybridized carbons (Fsp3) is 1.00. The van der Waals surface area contributed by atoms with Crippen LogP contribution in [0.25, 0.3) is 0 Å². The zero-order valence-electron chi connectivity index (χ0n) is 9.21. The first-order valence-corrected chi connectivity index (χ1v) is 5.82. The average Bonchev–Trinajstić information content (AvgIpc) is 2.89. The summed E-state index contributed by atoms with van der Waals surface area (Å²) in [5.74, 6) is 0. The molecule has 0 radical (unpaired) electrons. The molecule has 0 aromatic rings. The van der Waals surface area contributed by atoms with Gasteiger partial charge in [-0.3, -0.25) is 0 Å². The van der Waals surface area contributed by atoms with Crippen molar-refractivity contribution >= 4 is 0 Å². The molecule has 0 spiro atoms. The summed E-state index contributed by atoms with van der Waals surface area (Å²) in [6.45, 7) is 2.44. The minimum atomic E-state index is 0.0108. The maximum Gasteiger partial charge on any atom is 0.188 e. The molecule has 0 aromatic heterocycles. The molecular weight excluding hydrogens is 176 g/mol. The van der Waals surface area contributed by atoms with E-state index in [0.29, 0.717) is 6.61 Å². The van der Waals surface area contributed by atoms with Crippen LogP contribution in [0, 0.1) is 0 Å². The van der Waals surface area contributed by atoms with Crippen LogP contribution in [0.15, 0.2) is 10.2 Å². The molecule has 0 atom stereocenters. The lowest BCUT2D eigenvalue weighted by molar-refractivity contribution is 0.282. The molecule has 3 heteroatoms. The van der Waals surface area contributed by atoms with Crippen LogP contribution in [0.4, 0.5) is 0 Å². The van der Waals surface area contributed by atoms with Gasteiger partial charge in [-0.2, -0.15) is 10.2 Å². The predicted molar refractivity (Wildman–Crippen MR) is 57.3 cm³/mol. The molecule has 0 bridgehead atoms. The third-order valence-electron chi connectivity index (χ3n) is 2.75. The van der Waals surface area contributed by atoms with Gasteiger partial charge >= 0.3 is 0 Å². The summed E-state index contributed by atoms with van der Waals surface area (Å²) in [7, 11) is 0. The summed E-state index contributed by atoms with van der Waals surface area (Å²) in [6.07, 6.45) is 9.74. The number of aliphatic hydroxyl groups excluding tert-OH is 1. The summed E-state index contributed by atoms with van der Waals surface area (Å²) in [5.41, 5.74) is 0.0108. The summed E-state index contributed by atoms with van der Waals surface area (Å²) >= 11 is 0. The number of rotatable bonds is 9. The van der Waals surface area contributed by atoms with Gasteiger partial charge < -0.3 is 5.11 Å². The van der Waals surface area contributed by atoms with Crippen LogP contribution < -0.4 is 0 Å². The second-order valence-corrected chi connectivity index (χ2v) is 4.37. The lowest BCUT2D eigenvalue weighted by Crippen LogP contribution is -2.02. The molecule has 0 saturated heterocycles. The lowest BCUT2D eigenvalue weighted by atomic mass is 10.0. The first-order valence-electron chi connectivity index (χ1n) is 5.82. The second-order valence-electron chi connectivity index (χ2n) is 4.37. The lowest BCUT2D eigenvalue weighted by Gasteiger charge is -2.03. The SMILES string of the molecule is CC1(CCCCCCCCCO)N=N1. The molecule has 1 heterocycles. The van der Waals surface area contributed by atoms with Crippen molar-refractivity contribution in [2.45, 2.75) is 64.0 Å². The van der Waals surface area contributed by atoms with Crippen molar-refractivity contribution in [1.82, 2.24) is 0 Å². The maximum absolute atomic E-state index is 8.58. The van der Waals surface area contributed by atoms with E-state index in [1.54, 1.807) is 0 Å². The Morgan fingerprint density at radius 2 is 1.36 bits per heavy atom. The van der Waals surface area contributed by atoms with Gasteiger partial charge in [-0.15, -0.1) is 0 Å². The van der Waals surface area contributed by atoms with E-state index in [9.17, 15) is 0 Å². The Morgan fingerprint density at radius 1 is 0.857 bits per heavy atom. The van der Waals surface area contributed by atoms with Gasteiger partial charge in [0.25, 0.3) is 0 Å². The highest BCUT2D eigenvalue weighted by molar-refractivity contribution is 4.87. The number of nitrogens with zero attached hydrogens (tertiary/aromatic N) is 2. The fourth-order valence-electron chi connectivity index (χ4n) is 1.64. The van der Waals surface area contributed by atoms with Crippen molar-refractivity contribution in [3.8, 4) is 0 Å². The molecule has 0 fully saturated rings. The quantitative estimate of drug-likeness (QED) is 0.568. The highest BCUT2D eigenvalue weighted by atomic mass is 16.2. The molecule has 0 aromatic carbocycles. The van der Waals surface area contributed by atoms with Crippen molar-refractivity contribution in [1.29, 1.82) is 0 Å². The Balaban J connectivity index is 1.72. The van der Waals surface area contributed by atoms with Crippen LogP contribution in [-0.2, 0) is 0 Å². The van der Waals surface area contributed by atoms with Crippen LogP contribution in [-0.4, -0.2) is 17.4 Å². The van der Waals surface area contributed by atoms with Gasteiger partial charge in [0, 0.05) is 6.61 Å². The molecule has 0 unspecified atom stereocenters. The Labute approximate surface area is 86.6 Å². The Bertz CT molecular complexity index is 174. The van der Waals surface area contributed by atoms with Crippen molar-refractivity contribution in [3.63, 3.8) is 0 Å². The van der Waals surface area contributed by atoms with Crippen LogP contribution in [0.3, 0.4) is 0 Å². The van der Waals surface area contributed by atoms with Crippen molar-refractivity contribution in [2.75, 3.05) is 6.61 Å². The largest absolute Gasteiger partial charge is 0.396 e. The number of aliphatic hydroxyl groups is 1. The first-order chi connectivity index (χ1) is 6.77. The summed E-state index contributed by atoms with van der Waals surface area (Å²) in [5, 5.41) is 16.6. The summed E-state index contributed by atoms with van der Waals surface area (Å²) in [6, 6.07) is 0. The standard InChI is InChI=1S/C11H22N2O/c1-11(12-13-11)9-7-5-3-2-4-6-8-10-14/h14H,2-10H2,1H3. The minimum absolute atomic E-state index is 0.0108. The Kier molecular flexibility index (Phi) is 5.09.